The number of carbonyl (C=O) groups excluding carboxylic acids is 1. The summed E-state index contributed by atoms with van der Waals surface area (Å²) in [4.78, 5) is 12.3. The van der Waals surface area contributed by atoms with Crippen molar-refractivity contribution in [3.05, 3.63) is 35.6 Å². The number of hydrogen-bond donors (Lipinski definition) is 2. The fourth-order valence-corrected chi connectivity index (χ4v) is 3.57. The lowest BCUT2D eigenvalue weighted by Crippen LogP contribution is -2.50. The molecule has 0 spiro atoms. The molecule has 2 aliphatic carbocycles. The molecule has 2 fully saturated rings. The molecule has 1 aromatic carbocycles. The van der Waals surface area contributed by atoms with Gasteiger partial charge >= 0.3 is 0 Å². The van der Waals surface area contributed by atoms with E-state index in [1.807, 2.05) is 0 Å². The molecule has 2 aliphatic rings. The van der Waals surface area contributed by atoms with Crippen LogP contribution in [-0.2, 0) is 4.79 Å². The van der Waals surface area contributed by atoms with Crippen molar-refractivity contribution in [2.45, 2.75) is 56.4 Å². The molecule has 0 heterocycles. The number of hydrogen-bond acceptors (Lipinski definition) is 2. The molecule has 1 amide bonds. The summed E-state index contributed by atoms with van der Waals surface area (Å²) in [6.45, 7) is 0.582. The first-order chi connectivity index (χ1) is 10.6. The largest absolute Gasteiger partial charge is 0.354 e. The minimum absolute atomic E-state index is 0. The highest BCUT2D eigenvalue weighted by molar-refractivity contribution is 5.85. The van der Waals surface area contributed by atoms with E-state index in [-0.39, 0.29) is 41.5 Å². The van der Waals surface area contributed by atoms with E-state index in [1.54, 1.807) is 12.1 Å². The lowest BCUT2D eigenvalue weighted by Gasteiger charge is -2.28. The number of benzene rings is 1. The summed E-state index contributed by atoms with van der Waals surface area (Å²) in [5.41, 5.74) is 7.26. The molecule has 5 heteroatoms. The molecule has 0 saturated heterocycles. The first-order valence-electron chi connectivity index (χ1n) is 8.39. The topological polar surface area (TPSA) is 55.1 Å². The van der Waals surface area contributed by atoms with E-state index in [2.05, 4.69) is 5.32 Å². The standard InChI is InChI=1S/C18H25FN2O.ClH/c19-14-7-5-13(6-8-14)15-11-16(15)17(22)21-12-18(20)9-3-1-2-4-10-18;/h5-8,15-16H,1-4,9-12,20H2,(H,21,22);1H/t15-,16+;/m0./s1. The average molecular weight is 341 g/mol. The third-order valence-corrected chi connectivity index (χ3v) is 5.14. The van der Waals surface area contributed by atoms with Crippen molar-refractivity contribution in [1.29, 1.82) is 0 Å². The quantitative estimate of drug-likeness (QED) is 0.824. The van der Waals surface area contributed by atoms with Gasteiger partial charge < -0.3 is 11.1 Å². The van der Waals surface area contributed by atoms with Gasteiger partial charge in [-0.2, -0.15) is 0 Å². The second kappa shape index (κ2) is 7.63. The van der Waals surface area contributed by atoms with Crippen LogP contribution < -0.4 is 11.1 Å². The van der Waals surface area contributed by atoms with Crippen molar-refractivity contribution >= 4 is 18.3 Å². The molecule has 0 unspecified atom stereocenters. The van der Waals surface area contributed by atoms with Gasteiger partial charge in [0, 0.05) is 18.0 Å². The second-order valence-electron chi connectivity index (χ2n) is 6.99. The zero-order chi connectivity index (χ0) is 15.6. The molecule has 2 saturated carbocycles. The zero-order valence-electron chi connectivity index (χ0n) is 13.4. The fraction of sp³-hybridized carbons (Fsp3) is 0.611. The predicted octanol–water partition coefficient (Wildman–Crippen LogP) is 3.52. The molecule has 0 aliphatic heterocycles. The van der Waals surface area contributed by atoms with Gasteiger partial charge in [0.05, 0.1) is 0 Å². The molecule has 1 aromatic rings. The molecular weight excluding hydrogens is 315 g/mol. The highest BCUT2D eigenvalue weighted by Crippen LogP contribution is 2.47. The van der Waals surface area contributed by atoms with Crippen molar-refractivity contribution in [3.8, 4) is 0 Å². The van der Waals surface area contributed by atoms with Crippen LogP contribution in [0.3, 0.4) is 0 Å². The SMILES string of the molecule is Cl.NC1(CNC(=O)[C@@H]2C[C@H]2c2ccc(F)cc2)CCCCCC1. The number of halogens is 2. The maximum Gasteiger partial charge on any atom is 0.223 e. The van der Waals surface area contributed by atoms with E-state index in [0.29, 0.717) is 6.54 Å². The van der Waals surface area contributed by atoms with Gasteiger partial charge in [-0.3, -0.25) is 4.79 Å². The number of amides is 1. The van der Waals surface area contributed by atoms with Crippen molar-refractivity contribution in [1.82, 2.24) is 5.32 Å². The molecular formula is C18H26ClFN2O. The van der Waals surface area contributed by atoms with E-state index in [9.17, 15) is 9.18 Å². The molecule has 0 aromatic heterocycles. The normalized spacial score (nSPS) is 25.8. The lowest BCUT2D eigenvalue weighted by molar-refractivity contribution is -0.122. The minimum Gasteiger partial charge on any atom is -0.354 e. The van der Waals surface area contributed by atoms with Gasteiger partial charge in [-0.05, 0) is 42.9 Å². The summed E-state index contributed by atoms with van der Waals surface area (Å²) >= 11 is 0. The smallest absolute Gasteiger partial charge is 0.223 e. The molecule has 3 rings (SSSR count). The van der Waals surface area contributed by atoms with Crippen LogP contribution in [0.15, 0.2) is 24.3 Å². The number of rotatable bonds is 4. The van der Waals surface area contributed by atoms with Crippen molar-refractivity contribution in [2.24, 2.45) is 11.7 Å². The van der Waals surface area contributed by atoms with Crippen LogP contribution in [0.1, 0.15) is 56.4 Å². The minimum atomic E-state index is -0.233. The van der Waals surface area contributed by atoms with E-state index >= 15 is 0 Å². The number of nitrogens with two attached hydrogens (primary N) is 1. The Hall–Kier alpha value is -1.13. The van der Waals surface area contributed by atoms with Gasteiger partial charge in [0.2, 0.25) is 5.91 Å². The van der Waals surface area contributed by atoms with Crippen molar-refractivity contribution in [2.75, 3.05) is 6.54 Å². The summed E-state index contributed by atoms with van der Waals surface area (Å²) in [6.07, 6.45) is 7.68. The van der Waals surface area contributed by atoms with E-state index < -0.39 is 0 Å². The van der Waals surface area contributed by atoms with Crippen LogP contribution in [0.25, 0.3) is 0 Å². The Morgan fingerprint density at radius 3 is 2.39 bits per heavy atom. The summed E-state index contributed by atoms with van der Waals surface area (Å²) in [5.74, 6) is 0.135. The molecule has 0 bridgehead atoms. The van der Waals surface area contributed by atoms with Gasteiger partial charge in [-0.15, -0.1) is 12.4 Å². The van der Waals surface area contributed by atoms with Crippen LogP contribution in [0.4, 0.5) is 4.39 Å². The Morgan fingerprint density at radius 2 is 1.78 bits per heavy atom. The van der Waals surface area contributed by atoms with Crippen LogP contribution in [-0.4, -0.2) is 18.0 Å². The maximum atomic E-state index is 12.9. The molecule has 128 valence electrons. The van der Waals surface area contributed by atoms with Gasteiger partial charge in [0.15, 0.2) is 0 Å². The number of nitrogens with one attached hydrogen (secondary N) is 1. The predicted molar refractivity (Wildman–Crippen MR) is 92.1 cm³/mol. The molecule has 3 N–H and O–H groups in total. The molecule has 0 radical (unpaired) electrons. The molecule has 3 nitrogen and oxygen atoms in total. The summed E-state index contributed by atoms with van der Waals surface area (Å²) in [5, 5.41) is 3.06. The Bertz CT molecular complexity index is 526. The Morgan fingerprint density at radius 1 is 1.17 bits per heavy atom. The lowest BCUT2D eigenvalue weighted by atomic mass is 9.91. The van der Waals surface area contributed by atoms with Crippen LogP contribution in [0, 0.1) is 11.7 Å². The zero-order valence-corrected chi connectivity index (χ0v) is 14.2. The Balaban J connectivity index is 0.00000192. The van der Waals surface area contributed by atoms with E-state index in [1.165, 1.54) is 25.0 Å². The van der Waals surface area contributed by atoms with Gasteiger partial charge in [-0.25, -0.2) is 4.39 Å². The third kappa shape index (κ3) is 4.67. The second-order valence-corrected chi connectivity index (χ2v) is 6.99. The van der Waals surface area contributed by atoms with E-state index in [4.69, 9.17) is 5.73 Å². The van der Waals surface area contributed by atoms with Crippen LogP contribution >= 0.6 is 12.4 Å². The maximum absolute atomic E-state index is 12.9. The van der Waals surface area contributed by atoms with Gasteiger partial charge in [-0.1, -0.05) is 37.8 Å². The average Bonchev–Trinajstić information content (AvgIpc) is 3.31. The summed E-state index contributed by atoms with van der Waals surface area (Å²) in [7, 11) is 0. The van der Waals surface area contributed by atoms with Gasteiger partial charge in [0.25, 0.3) is 0 Å². The Kier molecular flexibility index (Phi) is 6.04. The Labute approximate surface area is 143 Å². The van der Waals surface area contributed by atoms with Crippen LogP contribution in [0.2, 0.25) is 0 Å². The molecule has 23 heavy (non-hydrogen) atoms. The van der Waals surface area contributed by atoms with Gasteiger partial charge in [0.1, 0.15) is 5.82 Å². The summed E-state index contributed by atoms with van der Waals surface area (Å²) in [6, 6.07) is 6.48. The van der Waals surface area contributed by atoms with Crippen molar-refractivity contribution < 1.29 is 9.18 Å². The molecule has 2 atom stereocenters. The number of carbonyl (C=O) groups is 1. The highest BCUT2D eigenvalue weighted by atomic mass is 35.5. The first-order valence-corrected chi connectivity index (χ1v) is 8.39. The third-order valence-electron chi connectivity index (χ3n) is 5.14. The van der Waals surface area contributed by atoms with Crippen LogP contribution in [0.5, 0.6) is 0 Å². The fourth-order valence-electron chi connectivity index (χ4n) is 3.57. The van der Waals surface area contributed by atoms with Crippen molar-refractivity contribution in [3.63, 3.8) is 0 Å². The highest BCUT2D eigenvalue weighted by Gasteiger charge is 2.44. The first kappa shape index (κ1) is 18.2. The summed E-state index contributed by atoms with van der Waals surface area (Å²) < 4.78 is 12.9. The van der Waals surface area contributed by atoms with E-state index in [0.717, 1.165) is 37.7 Å². The monoisotopic (exact) mass is 340 g/mol.